The molecule has 10 nitrogen and oxygen atoms in total. The number of benzene rings is 2. The highest BCUT2D eigenvalue weighted by molar-refractivity contribution is 7.89. The molecule has 2 N–H and O–H groups in total. The van der Waals surface area contributed by atoms with E-state index in [9.17, 15) is 18.0 Å². The summed E-state index contributed by atoms with van der Waals surface area (Å²) < 4.78 is 42.8. The van der Waals surface area contributed by atoms with Gasteiger partial charge in [-0.1, -0.05) is 12.1 Å². The third-order valence-electron chi connectivity index (χ3n) is 4.70. The largest absolute Gasteiger partial charge is 0.496 e. The molecule has 2 aromatic rings. The summed E-state index contributed by atoms with van der Waals surface area (Å²) in [6.07, 6.45) is 0. The molecule has 1 aliphatic rings. The van der Waals surface area contributed by atoms with Gasteiger partial charge in [0.2, 0.25) is 10.0 Å². The summed E-state index contributed by atoms with van der Waals surface area (Å²) in [6.45, 7) is 2.65. The van der Waals surface area contributed by atoms with Gasteiger partial charge >= 0.3 is 0 Å². The fourth-order valence-corrected chi connectivity index (χ4v) is 4.48. The van der Waals surface area contributed by atoms with Crippen molar-refractivity contribution in [1.29, 1.82) is 0 Å². The van der Waals surface area contributed by atoms with Gasteiger partial charge in [0.25, 0.3) is 11.8 Å². The molecule has 0 aromatic heterocycles. The summed E-state index contributed by atoms with van der Waals surface area (Å²) in [5.41, 5.74) is 5.44. The van der Waals surface area contributed by atoms with Crippen LogP contribution in [0.3, 0.4) is 0 Å². The first-order valence-electron chi connectivity index (χ1n) is 9.86. The quantitative estimate of drug-likeness (QED) is 0.584. The Morgan fingerprint density at radius 2 is 1.84 bits per heavy atom. The van der Waals surface area contributed by atoms with Gasteiger partial charge in [0.15, 0.2) is 6.61 Å². The molecule has 0 bridgehead atoms. The molecule has 172 valence electrons. The van der Waals surface area contributed by atoms with E-state index < -0.39 is 21.8 Å². The van der Waals surface area contributed by atoms with Crippen LogP contribution in [0.25, 0.3) is 0 Å². The number of ether oxygens (including phenoxy) is 3. The van der Waals surface area contributed by atoms with Gasteiger partial charge in [-0.2, -0.15) is 4.31 Å². The molecular weight excluding hydrogens is 438 g/mol. The molecule has 0 radical (unpaired) electrons. The number of hydrogen-bond donors (Lipinski definition) is 2. The van der Waals surface area contributed by atoms with Gasteiger partial charge in [0.05, 0.1) is 30.8 Å². The second kappa shape index (κ2) is 10.4. The molecule has 1 saturated heterocycles. The molecule has 2 aromatic carbocycles. The van der Waals surface area contributed by atoms with E-state index in [2.05, 4.69) is 10.9 Å². The van der Waals surface area contributed by atoms with Crippen LogP contribution in [0, 0.1) is 6.92 Å². The highest BCUT2D eigenvalue weighted by Crippen LogP contribution is 2.25. The minimum absolute atomic E-state index is 0.0401. The molecule has 1 heterocycles. The standard InChI is InChI=1S/C21H25N3O7S/c1-15-4-3-5-16(12-15)31-14-20(25)22-23-21(26)18-13-17(6-7-19(18)29-2)32(27,28)24-8-10-30-11-9-24/h3-7,12-13H,8-11,14H2,1-2H3,(H,22,25)(H,23,26). The lowest BCUT2D eigenvalue weighted by Crippen LogP contribution is -2.44. The number of methoxy groups -OCH3 is 1. The van der Waals surface area contributed by atoms with Crippen LogP contribution >= 0.6 is 0 Å². The average molecular weight is 464 g/mol. The van der Waals surface area contributed by atoms with Crippen LogP contribution < -0.4 is 20.3 Å². The van der Waals surface area contributed by atoms with E-state index in [1.165, 1.54) is 29.6 Å². The Morgan fingerprint density at radius 1 is 1.09 bits per heavy atom. The maximum atomic E-state index is 12.9. The Kier molecular flexibility index (Phi) is 7.67. The van der Waals surface area contributed by atoms with Gasteiger partial charge in [-0.25, -0.2) is 8.42 Å². The van der Waals surface area contributed by atoms with E-state index in [1.807, 2.05) is 13.0 Å². The zero-order valence-electron chi connectivity index (χ0n) is 17.8. The molecule has 3 rings (SSSR count). The summed E-state index contributed by atoms with van der Waals surface area (Å²) in [7, 11) is -2.45. The first kappa shape index (κ1) is 23.5. The van der Waals surface area contributed by atoms with Crippen LogP contribution in [0.15, 0.2) is 47.4 Å². The van der Waals surface area contributed by atoms with Crippen LogP contribution in [0.2, 0.25) is 0 Å². The number of carbonyl (C=O) groups excluding carboxylic acids is 2. The van der Waals surface area contributed by atoms with Gasteiger partial charge in [-0.3, -0.25) is 20.4 Å². The van der Waals surface area contributed by atoms with Crippen LogP contribution in [0.5, 0.6) is 11.5 Å². The highest BCUT2D eigenvalue weighted by Gasteiger charge is 2.28. The van der Waals surface area contributed by atoms with E-state index in [0.717, 1.165) is 5.56 Å². The monoisotopic (exact) mass is 463 g/mol. The van der Waals surface area contributed by atoms with E-state index in [0.29, 0.717) is 19.0 Å². The second-order valence-electron chi connectivity index (χ2n) is 6.99. The topological polar surface area (TPSA) is 123 Å². The number of carbonyl (C=O) groups is 2. The predicted molar refractivity (Wildman–Crippen MR) is 115 cm³/mol. The molecule has 0 unspecified atom stereocenters. The first-order chi connectivity index (χ1) is 15.3. The lowest BCUT2D eigenvalue weighted by molar-refractivity contribution is -0.123. The number of hydrogen-bond acceptors (Lipinski definition) is 7. The lowest BCUT2D eigenvalue weighted by atomic mass is 10.2. The van der Waals surface area contributed by atoms with Gasteiger partial charge in [0.1, 0.15) is 11.5 Å². The Morgan fingerprint density at radius 3 is 2.53 bits per heavy atom. The number of sulfonamides is 1. The summed E-state index contributed by atoms with van der Waals surface area (Å²) in [5, 5.41) is 0. The molecule has 0 spiro atoms. The number of aryl methyl sites for hydroxylation is 1. The molecule has 0 atom stereocenters. The first-order valence-corrected chi connectivity index (χ1v) is 11.3. The number of amides is 2. The summed E-state index contributed by atoms with van der Waals surface area (Å²) in [4.78, 5) is 24.6. The predicted octanol–water partition coefficient (Wildman–Crippen LogP) is 0.865. The summed E-state index contributed by atoms with van der Waals surface area (Å²) >= 11 is 0. The average Bonchev–Trinajstić information content (AvgIpc) is 2.81. The van der Waals surface area contributed by atoms with Crippen molar-refractivity contribution in [1.82, 2.24) is 15.2 Å². The van der Waals surface area contributed by atoms with Gasteiger partial charge in [0, 0.05) is 13.1 Å². The Labute approximate surface area is 186 Å². The molecule has 32 heavy (non-hydrogen) atoms. The summed E-state index contributed by atoms with van der Waals surface area (Å²) in [5.74, 6) is -0.636. The van der Waals surface area contributed by atoms with E-state index in [4.69, 9.17) is 14.2 Å². The fourth-order valence-electron chi connectivity index (χ4n) is 3.04. The van der Waals surface area contributed by atoms with Crippen molar-refractivity contribution in [3.8, 4) is 11.5 Å². The molecular formula is C21H25N3O7S. The minimum atomic E-state index is -3.81. The minimum Gasteiger partial charge on any atom is -0.496 e. The maximum Gasteiger partial charge on any atom is 0.276 e. The van der Waals surface area contributed by atoms with E-state index >= 15 is 0 Å². The molecule has 1 aliphatic heterocycles. The van der Waals surface area contributed by atoms with Crippen molar-refractivity contribution in [2.45, 2.75) is 11.8 Å². The highest BCUT2D eigenvalue weighted by atomic mass is 32.2. The van der Waals surface area contributed by atoms with Crippen molar-refractivity contribution < 1.29 is 32.2 Å². The Hall–Kier alpha value is -3.15. The number of nitrogens with one attached hydrogen (secondary N) is 2. The fraction of sp³-hybridized carbons (Fsp3) is 0.333. The van der Waals surface area contributed by atoms with Gasteiger partial charge in [-0.15, -0.1) is 0 Å². The van der Waals surface area contributed by atoms with Crippen molar-refractivity contribution in [3.05, 3.63) is 53.6 Å². The molecule has 1 fully saturated rings. The zero-order chi connectivity index (χ0) is 23.1. The number of nitrogens with zero attached hydrogens (tertiary/aromatic N) is 1. The number of hydrazine groups is 1. The third kappa shape index (κ3) is 5.75. The van der Waals surface area contributed by atoms with Gasteiger partial charge in [-0.05, 0) is 42.8 Å². The van der Waals surface area contributed by atoms with Crippen molar-refractivity contribution >= 4 is 21.8 Å². The van der Waals surface area contributed by atoms with Crippen LogP contribution in [0.4, 0.5) is 0 Å². The van der Waals surface area contributed by atoms with Gasteiger partial charge < -0.3 is 14.2 Å². The molecule has 2 amide bonds. The normalized spacial score (nSPS) is 14.4. The smallest absolute Gasteiger partial charge is 0.276 e. The van der Waals surface area contributed by atoms with E-state index in [1.54, 1.807) is 18.2 Å². The number of morpholine rings is 1. The van der Waals surface area contributed by atoms with Crippen LogP contribution in [0.1, 0.15) is 15.9 Å². The second-order valence-corrected chi connectivity index (χ2v) is 8.92. The number of rotatable bonds is 7. The Bertz CT molecular complexity index is 1080. The zero-order valence-corrected chi connectivity index (χ0v) is 18.6. The molecule has 0 aliphatic carbocycles. The van der Waals surface area contributed by atoms with Crippen molar-refractivity contribution in [3.63, 3.8) is 0 Å². The van der Waals surface area contributed by atoms with Crippen LogP contribution in [-0.4, -0.2) is 64.6 Å². The molecule has 0 saturated carbocycles. The lowest BCUT2D eigenvalue weighted by Gasteiger charge is -2.26. The molecule has 11 heteroatoms. The van der Waals surface area contributed by atoms with Crippen molar-refractivity contribution in [2.24, 2.45) is 0 Å². The third-order valence-corrected chi connectivity index (χ3v) is 6.59. The SMILES string of the molecule is COc1ccc(S(=O)(=O)N2CCOCC2)cc1C(=O)NNC(=O)COc1cccc(C)c1. The summed E-state index contributed by atoms with van der Waals surface area (Å²) in [6, 6.07) is 11.2. The maximum absolute atomic E-state index is 12.9. The van der Waals surface area contributed by atoms with E-state index in [-0.39, 0.29) is 35.9 Å². The van der Waals surface area contributed by atoms with Crippen molar-refractivity contribution in [2.75, 3.05) is 40.0 Å². The Balaban J connectivity index is 1.66. The van der Waals surface area contributed by atoms with Crippen LogP contribution in [-0.2, 0) is 19.6 Å².